The molecule has 2 aliphatic rings. The average Bonchev–Trinajstić information content (AvgIpc) is 3.15. The molecule has 0 atom stereocenters. The number of halogens is 1. The highest BCUT2D eigenvalue weighted by atomic mass is 35.5. The van der Waals surface area contributed by atoms with Gasteiger partial charge >= 0.3 is 0 Å². The van der Waals surface area contributed by atoms with E-state index in [2.05, 4.69) is 26.6 Å². The largest absolute Gasteiger partial charge is 0.493 e. The Morgan fingerprint density at radius 3 is 2.62 bits per heavy atom. The van der Waals surface area contributed by atoms with Gasteiger partial charge in [0.2, 0.25) is 0 Å². The maximum absolute atomic E-state index is 6.12. The Balaban J connectivity index is 1.81. The smallest absolute Gasteiger partial charge is 0.161 e. The van der Waals surface area contributed by atoms with E-state index in [0.29, 0.717) is 16.7 Å². The molecule has 2 heterocycles. The Morgan fingerprint density at radius 1 is 1.08 bits per heavy atom. The van der Waals surface area contributed by atoms with Crippen LogP contribution in [-0.4, -0.2) is 29.4 Å². The average molecular weight is 343 g/mol. The summed E-state index contributed by atoms with van der Waals surface area (Å²) in [6.07, 6.45) is 1.65. The van der Waals surface area contributed by atoms with Crippen molar-refractivity contribution in [3.8, 4) is 22.8 Å². The Hall–Kier alpha value is -2.86. The first-order valence-corrected chi connectivity index (χ1v) is 7.71. The van der Waals surface area contributed by atoms with E-state index < -0.39 is 0 Å². The van der Waals surface area contributed by atoms with Crippen molar-refractivity contribution >= 4 is 33.9 Å². The first-order chi connectivity index (χ1) is 11.7. The van der Waals surface area contributed by atoms with Crippen molar-refractivity contribution in [2.45, 2.75) is 0 Å². The molecule has 0 bridgehead atoms. The van der Waals surface area contributed by atoms with E-state index in [4.69, 9.17) is 21.1 Å². The Bertz CT molecular complexity index is 992. The van der Waals surface area contributed by atoms with Crippen LogP contribution in [0.4, 0.5) is 11.5 Å². The second-order valence-electron chi connectivity index (χ2n) is 5.32. The van der Waals surface area contributed by atoms with Crippen molar-refractivity contribution in [1.29, 1.82) is 0 Å². The number of hydrogen-bond acceptors (Lipinski definition) is 4. The van der Waals surface area contributed by atoms with Crippen LogP contribution in [0.2, 0.25) is 5.15 Å². The number of pyridine rings is 1. The van der Waals surface area contributed by atoms with Gasteiger partial charge in [0, 0.05) is 17.1 Å². The zero-order valence-corrected chi connectivity index (χ0v) is 13.9. The highest BCUT2D eigenvalue weighted by Gasteiger charge is 2.19. The summed E-state index contributed by atoms with van der Waals surface area (Å²) >= 11 is 6.12. The molecule has 0 spiro atoms. The molecule has 1 aromatic carbocycles. The third-order valence-corrected chi connectivity index (χ3v) is 4.30. The van der Waals surface area contributed by atoms with Gasteiger partial charge in [0.05, 0.1) is 25.6 Å². The minimum Gasteiger partial charge on any atom is -0.493 e. The predicted molar refractivity (Wildman–Crippen MR) is 94.9 cm³/mol. The van der Waals surface area contributed by atoms with E-state index >= 15 is 0 Å². The number of nitrogens with zero attached hydrogens (tertiary/aromatic N) is 1. The number of rotatable bonds is 4. The molecule has 0 amide bonds. The van der Waals surface area contributed by atoms with Crippen molar-refractivity contribution in [2.75, 3.05) is 19.5 Å². The van der Waals surface area contributed by atoms with E-state index in [9.17, 15) is 0 Å². The molecule has 0 fully saturated rings. The van der Waals surface area contributed by atoms with Crippen molar-refractivity contribution in [2.24, 2.45) is 0 Å². The van der Waals surface area contributed by atoms with Crippen LogP contribution < -0.4 is 14.8 Å². The maximum atomic E-state index is 6.12. The molecule has 0 saturated carbocycles. The molecule has 0 radical (unpaired) electrons. The number of anilines is 2. The minimum absolute atomic E-state index is 0.416. The number of aromatic amines is 2. The molecule has 6 nitrogen and oxygen atoms in total. The highest BCUT2D eigenvalue weighted by Crippen LogP contribution is 2.42. The van der Waals surface area contributed by atoms with Crippen LogP contribution in [0.25, 0.3) is 22.0 Å². The van der Waals surface area contributed by atoms with E-state index in [-0.39, 0.29) is 0 Å². The number of benzene rings is 1. The third kappa shape index (κ3) is 2.23. The van der Waals surface area contributed by atoms with Gasteiger partial charge in [0.1, 0.15) is 5.82 Å². The molecule has 3 N–H and O–H groups in total. The van der Waals surface area contributed by atoms with Gasteiger partial charge < -0.3 is 14.8 Å². The summed E-state index contributed by atoms with van der Waals surface area (Å²) < 4.78 is 10.8. The van der Waals surface area contributed by atoms with Crippen LogP contribution in [0.1, 0.15) is 0 Å². The predicted octanol–water partition coefficient (Wildman–Crippen LogP) is 4.41. The fourth-order valence-electron chi connectivity index (χ4n) is 2.84. The quantitative estimate of drug-likeness (QED) is 0.480. The van der Waals surface area contributed by atoms with Gasteiger partial charge in [-0.25, -0.2) is 4.98 Å². The van der Waals surface area contributed by atoms with Crippen LogP contribution >= 0.6 is 11.6 Å². The second-order valence-corrected chi connectivity index (χ2v) is 5.68. The summed E-state index contributed by atoms with van der Waals surface area (Å²) in [5, 5.41) is 12.1. The number of aromatic nitrogens is 3. The van der Waals surface area contributed by atoms with Crippen molar-refractivity contribution < 1.29 is 9.47 Å². The van der Waals surface area contributed by atoms with E-state index in [1.165, 1.54) is 0 Å². The van der Waals surface area contributed by atoms with Gasteiger partial charge in [-0.05, 0) is 35.7 Å². The molecule has 1 aromatic heterocycles. The van der Waals surface area contributed by atoms with Gasteiger partial charge in [-0.15, -0.1) is 0 Å². The number of ether oxygens (including phenoxy) is 2. The summed E-state index contributed by atoms with van der Waals surface area (Å²) in [4.78, 5) is 4.07. The summed E-state index contributed by atoms with van der Waals surface area (Å²) in [6, 6.07) is 9.70. The normalized spacial score (nSPS) is 11.1. The molecular weight excluding hydrogens is 328 g/mol. The highest BCUT2D eigenvalue weighted by molar-refractivity contribution is 6.32. The van der Waals surface area contributed by atoms with Crippen LogP contribution in [0.5, 0.6) is 11.5 Å². The number of nitrogens with one attached hydrogen (secondary N) is 3. The van der Waals surface area contributed by atoms with Crippen LogP contribution in [-0.2, 0) is 0 Å². The SMILES string of the molecule is COc1cc2cc3c(Nc4cccnc4Cl)[nH][nH]c-3c2cc1OC. The summed E-state index contributed by atoms with van der Waals surface area (Å²) in [5.41, 5.74) is 2.73. The molecule has 0 saturated heterocycles. The minimum atomic E-state index is 0.416. The fraction of sp³-hybridized carbons (Fsp3) is 0.118. The lowest BCUT2D eigenvalue weighted by molar-refractivity contribution is 0.356. The van der Waals surface area contributed by atoms with E-state index in [1.807, 2.05) is 24.3 Å². The van der Waals surface area contributed by atoms with Crippen molar-refractivity contribution in [1.82, 2.24) is 15.2 Å². The molecular formula is C17H15ClN4O2. The first-order valence-electron chi connectivity index (χ1n) is 7.33. The fourth-order valence-corrected chi connectivity index (χ4v) is 3.01. The van der Waals surface area contributed by atoms with Crippen molar-refractivity contribution in [3.05, 3.63) is 41.7 Å². The molecule has 1 aliphatic heterocycles. The van der Waals surface area contributed by atoms with Crippen LogP contribution in [0, 0.1) is 0 Å². The molecule has 24 heavy (non-hydrogen) atoms. The van der Waals surface area contributed by atoms with Crippen LogP contribution in [0.3, 0.4) is 0 Å². The molecule has 7 heteroatoms. The zero-order valence-electron chi connectivity index (χ0n) is 13.1. The molecule has 2 aromatic rings. The number of fused-ring (bicyclic) bond motifs is 3. The molecule has 0 unspecified atom stereocenters. The lowest BCUT2D eigenvalue weighted by Crippen LogP contribution is -1.93. The van der Waals surface area contributed by atoms with Gasteiger partial charge in [-0.3, -0.25) is 10.2 Å². The second kappa shape index (κ2) is 5.65. The Labute approximate surface area is 143 Å². The number of methoxy groups -OCH3 is 2. The summed E-state index contributed by atoms with van der Waals surface area (Å²) in [5.74, 6) is 2.21. The van der Waals surface area contributed by atoms with E-state index in [1.54, 1.807) is 20.4 Å². The van der Waals surface area contributed by atoms with Crippen LogP contribution in [0.15, 0.2) is 36.5 Å². The topological polar surface area (TPSA) is 75.0 Å². The molecule has 122 valence electrons. The van der Waals surface area contributed by atoms with Gasteiger partial charge in [0.15, 0.2) is 16.7 Å². The lowest BCUT2D eigenvalue weighted by Gasteiger charge is -2.07. The standard InChI is InChI=1S/C17H15ClN4O2/c1-23-13-7-9-6-11-15(10(9)8-14(13)24-2)21-22-17(11)20-12-4-3-5-19-16(12)18/h3-8,20-22H,1-2H3. The molecule has 4 rings (SSSR count). The zero-order chi connectivity index (χ0) is 16.7. The Morgan fingerprint density at radius 2 is 1.88 bits per heavy atom. The van der Waals surface area contributed by atoms with E-state index in [0.717, 1.165) is 33.5 Å². The number of hydrogen-bond donors (Lipinski definition) is 3. The summed E-state index contributed by atoms with van der Waals surface area (Å²) in [6.45, 7) is 0. The third-order valence-electron chi connectivity index (χ3n) is 3.99. The summed E-state index contributed by atoms with van der Waals surface area (Å²) in [7, 11) is 3.26. The molecule has 1 aliphatic carbocycles. The monoisotopic (exact) mass is 342 g/mol. The van der Waals surface area contributed by atoms with Gasteiger partial charge in [0.25, 0.3) is 0 Å². The Kier molecular flexibility index (Phi) is 3.46. The maximum Gasteiger partial charge on any atom is 0.161 e. The van der Waals surface area contributed by atoms with Gasteiger partial charge in [-0.2, -0.15) is 0 Å². The lowest BCUT2D eigenvalue weighted by atomic mass is 10.2. The van der Waals surface area contributed by atoms with Gasteiger partial charge in [-0.1, -0.05) is 11.6 Å². The van der Waals surface area contributed by atoms with Crippen molar-refractivity contribution in [3.63, 3.8) is 0 Å². The number of H-pyrrole nitrogens is 2. The first kappa shape index (κ1) is 14.7.